The van der Waals surface area contributed by atoms with E-state index in [-0.39, 0.29) is 12.0 Å². The van der Waals surface area contributed by atoms with Crippen molar-refractivity contribution in [2.24, 2.45) is 5.73 Å². The first-order chi connectivity index (χ1) is 7.93. The molecule has 7 heteroatoms. The van der Waals surface area contributed by atoms with Crippen LogP contribution in [0.4, 0.5) is 8.78 Å². The van der Waals surface area contributed by atoms with Crippen molar-refractivity contribution in [1.29, 1.82) is 0 Å². The summed E-state index contributed by atoms with van der Waals surface area (Å²) in [4.78, 5) is -1.13. The van der Waals surface area contributed by atoms with Gasteiger partial charge in [-0.2, -0.15) is 0 Å². The fourth-order valence-electron chi connectivity index (χ4n) is 1.61. The lowest BCUT2D eigenvalue weighted by Gasteiger charge is -2.19. The van der Waals surface area contributed by atoms with Gasteiger partial charge in [-0.05, 0) is 26.3 Å². The highest BCUT2D eigenvalue weighted by Gasteiger charge is 2.26. The molecule has 4 nitrogen and oxygen atoms in total. The van der Waals surface area contributed by atoms with Crippen molar-refractivity contribution >= 4 is 9.84 Å². The van der Waals surface area contributed by atoms with E-state index in [1.165, 1.54) is 0 Å². The Kier molecular flexibility index (Phi) is 3.69. The number of nitrogens with two attached hydrogens (primary N) is 1. The van der Waals surface area contributed by atoms with Gasteiger partial charge in [0, 0.05) is 17.4 Å². The van der Waals surface area contributed by atoms with Crippen LogP contribution >= 0.6 is 0 Å². The summed E-state index contributed by atoms with van der Waals surface area (Å²) in [5.74, 6) is -3.58. The third-order valence-electron chi connectivity index (χ3n) is 2.25. The third kappa shape index (κ3) is 3.17. The number of sulfone groups is 1. The van der Waals surface area contributed by atoms with Crippen LogP contribution in [-0.2, 0) is 16.3 Å². The van der Waals surface area contributed by atoms with Crippen LogP contribution in [0, 0.1) is 11.6 Å². The highest BCUT2D eigenvalue weighted by Crippen LogP contribution is 2.31. The van der Waals surface area contributed by atoms with Crippen LogP contribution in [0.5, 0.6) is 5.75 Å². The van der Waals surface area contributed by atoms with Crippen molar-refractivity contribution in [3.8, 4) is 5.75 Å². The fourth-order valence-corrected chi connectivity index (χ4v) is 2.44. The Morgan fingerprint density at radius 2 is 1.89 bits per heavy atom. The smallest absolute Gasteiger partial charge is 0.186 e. The minimum Gasteiger partial charge on any atom is -0.505 e. The first-order valence-corrected chi connectivity index (χ1v) is 7.01. The average molecular weight is 279 g/mol. The molecule has 0 fully saturated rings. The molecular formula is C11H15F2NO3S. The van der Waals surface area contributed by atoms with E-state index in [0.717, 1.165) is 6.07 Å². The van der Waals surface area contributed by atoms with Crippen LogP contribution in [-0.4, -0.2) is 25.3 Å². The molecule has 0 saturated carbocycles. The van der Waals surface area contributed by atoms with Gasteiger partial charge in [-0.1, -0.05) is 0 Å². The summed E-state index contributed by atoms with van der Waals surface area (Å²) in [6.07, 6.45) is 0.678. The second-order valence-corrected chi connectivity index (χ2v) is 6.90. The maximum absolute atomic E-state index is 13.7. The van der Waals surface area contributed by atoms with Crippen LogP contribution in [0.2, 0.25) is 0 Å². The van der Waals surface area contributed by atoms with Crippen molar-refractivity contribution in [1.82, 2.24) is 0 Å². The predicted octanol–water partition coefficient (Wildman–Crippen LogP) is 1.35. The highest BCUT2D eigenvalue weighted by atomic mass is 32.2. The summed E-state index contributed by atoms with van der Waals surface area (Å²) >= 11 is 0. The molecule has 102 valence electrons. The van der Waals surface area contributed by atoms with E-state index in [1.807, 2.05) is 0 Å². The number of phenols is 1. The predicted molar refractivity (Wildman–Crippen MR) is 63.1 cm³/mol. The molecule has 0 aliphatic heterocycles. The first kappa shape index (κ1) is 14.8. The average Bonchev–Trinajstić information content (AvgIpc) is 2.08. The number of phenolic OH excluding ortho intramolecular Hbond substituents is 1. The summed E-state index contributed by atoms with van der Waals surface area (Å²) in [7, 11) is -4.09. The zero-order valence-electron chi connectivity index (χ0n) is 10.3. The van der Waals surface area contributed by atoms with Gasteiger partial charge in [0.2, 0.25) is 0 Å². The molecule has 1 aromatic carbocycles. The zero-order valence-corrected chi connectivity index (χ0v) is 11.1. The van der Waals surface area contributed by atoms with Gasteiger partial charge in [-0.3, -0.25) is 0 Å². The molecule has 18 heavy (non-hydrogen) atoms. The number of halogens is 2. The van der Waals surface area contributed by atoms with E-state index < -0.39 is 37.7 Å². The van der Waals surface area contributed by atoms with Crippen molar-refractivity contribution in [3.05, 3.63) is 23.3 Å². The maximum Gasteiger partial charge on any atom is 0.186 e. The molecular weight excluding hydrogens is 264 g/mol. The molecule has 0 atom stereocenters. The normalized spacial score (nSPS) is 12.8. The zero-order chi connectivity index (χ0) is 14.3. The lowest BCUT2D eigenvalue weighted by Crippen LogP contribution is -2.34. The van der Waals surface area contributed by atoms with Crippen LogP contribution in [0.3, 0.4) is 0 Å². The van der Waals surface area contributed by atoms with E-state index in [4.69, 9.17) is 5.73 Å². The van der Waals surface area contributed by atoms with Crippen molar-refractivity contribution in [2.45, 2.75) is 30.7 Å². The SMILES string of the molecule is CC(C)(N)Cc1cc(F)c(S(C)(=O)=O)c(F)c1O. The molecule has 3 N–H and O–H groups in total. The Morgan fingerprint density at radius 3 is 2.28 bits per heavy atom. The molecule has 0 aliphatic rings. The number of benzene rings is 1. The minimum absolute atomic E-state index is 0.0106. The Balaban J connectivity index is 3.48. The summed E-state index contributed by atoms with van der Waals surface area (Å²) in [6.45, 7) is 3.24. The number of rotatable bonds is 3. The fraction of sp³-hybridized carbons (Fsp3) is 0.455. The van der Waals surface area contributed by atoms with Crippen molar-refractivity contribution < 1.29 is 22.3 Å². The monoisotopic (exact) mass is 279 g/mol. The van der Waals surface area contributed by atoms with Gasteiger partial charge in [0.25, 0.3) is 0 Å². The molecule has 1 aromatic rings. The molecule has 0 heterocycles. The van der Waals surface area contributed by atoms with Crippen LogP contribution < -0.4 is 5.73 Å². The van der Waals surface area contributed by atoms with Crippen LogP contribution in [0.25, 0.3) is 0 Å². The number of hydrogen-bond donors (Lipinski definition) is 2. The topological polar surface area (TPSA) is 80.4 Å². The van der Waals surface area contributed by atoms with E-state index in [1.54, 1.807) is 13.8 Å². The van der Waals surface area contributed by atoms with Crippen molar-refractivity contribution in [3.63, 3.8) is 0 Å². The summed E-state index contributed by atoms with van der Waals surface area (Å²) < 4.78 is 49.7. The standard InChI is InChI=1S/C11H15F2NO3S/c1-11(2,14)5-6-4-7(12)10(18(3,16)17)8(13)9(6)15/h4,15H,5,14H2,1-3H3. The summed E-state index contributed by atoms with van der Waals surface area (Å²) in [5.41, 5.74) is 4.83. The minimum atomic E-state index is -4.09. The van der Waals surface area contributed by atoms with E-state index in [9.17, 15) is 22.3 Å². The molecule has 0 saturated heterocycles. The van der Waals surface area contributed by atoms with Gasteiger partial charge in [0.1, 0.15) is 10.7 Å². The maximum atomic E-state index is 13.7. The molecule has 0 radical (unpaired) electrons. The lowest BCUT2D eigenvalue weighted by molar-refractivity contribution is 0.397. The quantitative estimate of drug-likeness (QED) is 0.875. The Bertz CT molecular complexity index is 577. The largest absolute Gasteiger partial charge is 0.505 e. The van der Waals surface area contributed by atoms with Gasteiger partial charge < -0.3 is 10.8 Å². The van der Waals surface area contributed by atoms with Gasteiger partial charge in [-0.15, -0.1) is 0 Å². The third-order valence-corrected chi connectivity index (χ3v) is 3.36. The van der Waals surface area contributed by atoms with E-state index in [0.29, 0.717) is 6.26 Å². The molecule has 0 bridgehead atoms. The second kappa shape index (κ2) is 4.47. The van der Waals surface area contributed by atoms with E-state index >= 15 is 0 Å². The Morgan fingerprint density at radius 1 is 1.39 bits per heavy atom. The van der Waals surface area contributed by atoms with Crippen molar-refractivity contribution in [2.75, 3.05) is 6.26 Å². The molecule has 0 amide bonds. The molecule has 0 aliphatic carbocycles. The van der Waals surface area contributed by atoms with Gasteiger partial charge >= 0.3 is 0 Å². The molecule has 0 aromatic heterocycles. The summed E-state index contributed by atoms with van der Waals surface area (Å²) in [6, 6.07) is 0.795. The lowest BCUT2D eigenvalue weighted by atomic mass is 9.95. The number of aromatic hydroxyl groups is 1. The van der Waals surface area contributed by atoms with E-state index in [2.05, 4.69) is 0 Å². The van der Waals surface area contributed by atoms with Crippen LogP contribution in [0.15, 0.2) is 11.0 Å². The summed E-state index contributed by atoms with van der Waals surface area (Å²) in [5, 5.41) is 9.57. The molecule has 0 unspecified atom stereocenters. The Labute approximate surface area is 104 Å². The second-order valence-electron chi connectivity index (χ2n) is 4.95. The van der Waals surface area contributed by atoms with Gasteiger partial charge in [-0.25, -0.2) is 17.2 Å². The van der Waals surface area contributed by atoms with Crippen LogP contribution in [0.1, 0.15) is 19.4 Å². The Hall–Kier alpha value is -1.21. The molecule has 1 rings (SSSR count). The first-order valence-electron chi connectivity index (χ1n) is 5.12. The highest BCUT2D eigenvalue weighted by molar-refractivity contribution is 7.90. The molecule has 0 spiro atoms. The van der Waals surface area contributed by atoms with Gasteiger partial charge in [0.05, 0.1) is 0 Å². The number of hydrogen-bond acceptors (Lipinski definition) is 4. The van der Waals surface area contributed by atoms with Gasteiger partial charge in [0.15, 0.2) is 21.4 Å².